The van der Waals surface area contributed by atoms with Crippen molar-refractivity contribution in [3.63, 3.8) is 0 Å². The van der Waals surface area contributed by atoms with Crippen molar-refractivity contribution in [1.82, 2.24) is 4.90 Å². The molecule has 0 aliphatic heterocycles. The Kier molecular flexibility index (Phi) is 7.00. The molecule has 4 heteroatoms. The van der Waals surface area contributed by atoms with Gasteiger partial charge in [-0.05, 0) is 30.2 Å². The number of hydrogen-bond donors (Lipinski definition) is 1. The summed E-state index contributed by atoms with van der Waals surface area (Å²) in [6.07, 6.45) is 0. The first-order valence-corrected chi connectivity index (χ1v) is 7.95. The molecule has 0 spiro atoms. The van der Waals surface area contributed by atoms with E-state index in [9.17, 15) is 4.79 Å². The molecule has 0 radical (unpaired) electrons. The molecule has 0 fully saturated rings. The second-order valence-corrected chi connectivity index (χ2v) is 6.81. The highest BCUT2D eigenvalue weighted by Gasteiger charge is 2.25. The lowest BCUT2D eigenvalue weighted by atomic mass is 9.83. The molecule has 0 unspecified atom stereocenters. The van der Waals surface area contributed by atoms with Gasteiger partial charge in [-0.1, -0.05) is 55.8 Å². The van der Waals surface area contributed by atoms with E-state index < -0.39 is 0 Å². The molecule has 0 atom stereocenters. The Hall–Kier alpha value is -1.84. The number of halogens is 1. The highest BCUT2D eigenvalue weighted by Crippen LogP contribution is 2.25. The molecule has 130 valence electrons. The van der Waals surface area contributed by atoms with Crippen LogP contribution in [0.15, 0.2) is 48.5 Å². The summed E-state index contributed by atoms with van der Waals surface area (Å²) in [6, 6.07) is 16.0. The van der Waals surface area contributed by atoms with Gasteiger partial charge in [0.25, 0.3) is 5.91 Å². The Bertz CT molecular complexity index is 663. The SMILES string of the molecule is Cc1ccc(C(C)(C)CN(C)C(=O)c2ccc(CN)cc2)cc1.Cl. The summed E-state index contributed by atoms with van der Waals surface area (Å²) >= 11 is 0. The Morgan fingerprint density at radius 3 is 2.08 bits per heavy atom. The number of hydrogen-bond acceptors (Lipinski definition) is 2. The van der Waals surface area contributed by atoms with Crippen LogP contribution in [0.5, 0.6) is 0 Å². The van der Waals surface area contributed by atoms with Gasteiger partial charge in [-0.25, -0.2) is 0 Å². The fourth-order valence-electron chi connectivity index (χ4n) is 2.76. The summed E-state index contributed by atoms with van der Waals surface area (Å²) < 4.78 is 0. The number of amides is 1. The van der Waals surface area contributed by atoms with E-state index in [1.807, 2.05) is 31.3 Å². The van der Waals surface area contributed by atoms with Gasteiger partial charge >= 0.3 is 0 Å². The molecular weight excluding hydrogens is 320 g/mol. The minimum Gasteiger partial charge on any atom is -0.341 e. The first-order chi connectivity index (χ1) is 10.8. The van der Waals surface area contributed by atoms with E-state index in [-0.39, 0.29) is 23.7 Å². The fourth-order valence-corrected chi connectivity index (χ4v) is 2.76. The zero-order valence-corrected chi connectivity index (χ0v) is 15.7. The van der Waals surface area contributed by atoms with Crippen molar-refractivity contribution in [2.24, 2.45) is 5.73 Å². The van der Waals surface area contributed by atoms with Crippen molar-refractivity contribution in [2.75, 3.05) is 13.6 Å². The van der Waals surface area contributed by atoms with Crippen LogP contribution in [0.3, 0.4) is 0 Å². The lowest BCUT2D eigenvalue weighted by Gasteiger charge is -2.31. The van der Waals surface area contributed by atoms with Gasteiger partial charge in [0.15, 0.2) is 0 Å². The van der Waals surface area contributed by atoms with Crippen molar-refractivity contribution in [3.8, 4) is 0 Å². The van der Waals surface area contributed by atoms with Crippen molar-refractivity contribution < 1.29 is 4.79 Å². The fraction of sp³-hybridized carbons (Fsp3) is 0.350. The topological polar surface area (TPSA) is 46.3 Å². The molecule has 0 saturated carbocycles. The van der Waals surface area contributed by atoms with Gasteiger partial charge in [-0.2, -0.15) is 0 Å². The lowest BCUT2D eigenvalue weighted by Crippen LogP contribution is -2.38. The van der Waals surface area contributed by atoms with Crippen LogP contribution in [0.2, 0.25) is 0 Å². The van der Waals surface area contributed by atoms with Gasteiger partial charge in [0, 0.05) is 31.1 Å². The normalized spacial score (nSPS) is 10.9. The third-order valence-electron chi connectivity index (χ3n) is 4.25. The Morgan fingerprint density at radius 2 is 1.58 bits per heavy atom. The average molecular weight is 347 g/mol. The van der Waals surface area contributed by atoms with E-state index in [1.165, 1.54) is 11.1 Å². The summed E-state index contributed by atoms with van der Waals surface area (Å²) in [4.78, 5) is 14.4. The third kappa shape index (κ3) is 4.83. The Balaban J connectivity index is 0.00000288. The number of carbonyl (C=O) groups excluding carboxylic acids is 1. The van der Waals surface area contributed by atoms with Crippen molar-refractivity contribution in [1.29, 1.82) is 0 Å². The Labute approximate surface area is 151 Å². The van der Waals surface area contributed by atoms with Gasteiger partial charge in [0.05, 0.1) is 0 Å². The average Bonchev–Trinajstić information content (AvgIpc) is 2.54. The van der Waals surface area contributed by atoms with E-state index >= 15 is 0 Å². The standard InChI is InChI=1S/C20H26N2O.ClH/c1-15-5-11-18(12-6-15)20(2,3)14-22(4)19(23)17-9-7-16(13-21)8-10-17;/h5-12H,13-14,21H2,1-4H3;1H. The van der Waals surface area contributed by atoms with E-state index in [1.54, 1.807) is 4.90 Å². The molecule has 1 amide bonds. The van der Waals surface area contributed by atoms with Gasteiger partial charge < -0.3 is 10.6 Å². The van der Waals surface area contributed by atoms with Crippen LogP contribution in [0.4, 0.5) is 0 Å². The molecular formula is C20H27ClN2O. The number of rotatable bonds is 5. The number of nitrogens with zero attached hydrogens (tertiary/aromatic N) is 1. The van der Waals surface area contributed by atoms with Gasteiger partial charge in [0.1, 0.15) is 0 Å². The van der Waals surface area contributed by atoms with Crippen molar-refractivity contribution >= 4 is 18.3 Å². The van der Waals surface area contributed by atoms with E-state index in [2.05, 4.69) is 45.0 Å². The van der Waals surface area contributed by atoms with Crippen LogP contribution in [0, 0.1) is 6.92 Å². The van der Waals surface area contributed by atoms with Crippen LogP contribution in [-0.2, 0) is 12.0 Å². The number of benzene rings is 2. The minimum absolute atomic E-state index is 0. The van der Waals surface area contributed by atoms with Gasteiger partial charge in [-0.3, -0.25) is 4.79 Å². The molecule has 0 aromatic heterocycles. The summed E-state index contributed by atoms with van der Waals surface area (Å²) in [6.45, 7) is 7.56. The first-order valence-electron chi connectivity index (χ1n) is 7.95. The summed E-state index contributed by atoms with van der Waals surface area (Å²) in [5, 5.41) is 0. The van der Waals surface area contributed by atoms with Crippen LogP contribution in [-0.4, -0.2) is 24.4 Å². The molecule has 0 aliphatic carbocycles. The van der Waals surface area contributed by atoms with E-state index in [4.69, 9.17) is 5.73 Å². The molecule has 0 aliphatic rings. The summed E-state index contributed by atoms with van der Waals surface area (Å²) in [5.41, 5.74) is 9.71. The highest BCUT2D eigenvalue weighted by molar-refractivity contribution is 5.94. The van der Waals surface area contributed by atoms with Crippen molar-refractivity contribution in [3.05, 3.63) is 70.8 Å². The van der Waals surface area contributed by atoms with Crippen LogP contribution < -0.4 is 5.73 Å². The lowest BCUT2D eigenvalue weighted by molar-refractivity contribution is 0.0767. The third-order valence-corrected chi connectivity index (χ3v) is 4.25. The largest absolute Gasteiger partial charge is 0.341 e. The zero-order valence-electron chi connectivity index (χ0n) is 14.9. The number of likely N-dealkylation sites (N-methyl/N-ethyl adjacent to an activating group) is 1. The number of aryl methyl sites for hydroxylation is 1. The molecule has 24 heavy (non-hydrogen) atoms. The molecule has 2 N–H and O–H groups in total. The molecule has 3 nitrogen and oxygen atoms in total. The van der Waals surface area contributed by atoms with Crippen LogP contribution in [0.1, 0.15) is 40.9 Å². The summed E-state index contributed by atoms with van der Waals surface area (Å²) in [7, 11) is 1.86. The molecule has 2 aromatic carbocycles. The molecule has 2 aromatic rings. The predicted octanol–water partition coefficient (Wildman–Crippen LogP) is 3.93. The maximum atomic E-state index is 12.6. The van der Waals surface area contributed by atoms with E-state index in [0.29, 0.717) is 18.7 Å². The molecule has 0 saturated heterocycles. The predicted molar refractivity (Wildman–Crippen MR) is 103 cm³/mol. The maximum absolute atomic E-state index is 12.6. The van der Waals surface area contributed by atoms with Crippen LogP contribution >= 0.6 is 12.4 Å². The molecule has 2 rings (SSSR count). The Morgan fingerprint density at radius 1 is 1.04 bits per heavy atom. The van der Waals surface area contributed by atoms with Crippen molar-refractivity contribution in [2.45, 2.75) is 32.7 Å². The quantitative estimate of drug-likeness (QED) is 0.891. The first kappa shape index (κ1) is 20.2. The molecule has 0 bridgehead atoms. The monoisotopic (exact) mass is 346 g/mol. The minimum atomic E-state index is -0.102. The maximum Gasteiger partial charge on any atom is 0.253 e. The summed E-state index contributed by atoms with van der Waals surface area (Å²) in [5.74, 6) is 0.0359. The second kappa shape index (κ2) is 8.32. The highest BCUT2D eigenvalue weighted by atomic mass is 35.5. The van der Waals surface area contributed by atoms with Gasteiger partial charge in [0.2, 0.25) is 0 Å². The smallest absolute Gasteiger partial charge is 0.253 e. The van der Waals surface area contributed by atoms with Crippen LogP contribution in [0.25, 0.3) is 0 Å². The molecule has 0 heterocycles. The van der Waals surface area contributed by atoms with Gasteiger partial charge in [-0.15, -0.1) is 12.4 Å². The van der Waals surface area contributed by atoms with E-state index in [0.717, 1.165) is 5.56 Å². The second-order valence-electron chi connectivity index (χ2n) is 6.81. The number of carbonyl (C=O) groups is 1. The zero-order chi connectivity index (χ0) is 17.0. The number of nitrogens with two attached hydrogens (primary N) is 1.